The number of ether oxygens (including phenoxy) is 1. The van der Waals surface area contributed by atoms with Crippen LogP contribution in [-0.2, 0) is 0 Å². The van der Waals surface area contributed by atoms with Crippen molar-refractivity contribution in [2.45, 2.75) is 0 Å². The van der Waals surface area contributed by atoms with Gasteiger partial charge in [0, 0.05) is 18.0 Å². The maximum Gasteiger partial charge on any atom is 0.258 e. The van der Waals surface area contributed by atoms with Gasteiger partial charge in [-0.3, -0.25) is 4.40 Å². The van der Waals surface area contributed by atoms with Crippen LogP contribution in [0.4, 0.5) is 5.82 Å². The molecule has 5 nitrogen and oxygen atoms in total. The van der Waals surface area contributed by atoms with Crippen molar-refractivity contribution in [2.75, 3.05) is 12.8 Å². The molecule has 3 rings (SSSR count). The van der Waals surface area contributed by atoms with Crippen molar-refractivity contribution >= 4 is 11.5 Å². The maximum atomic E-state index is 6.11. The first-order chi connectivity index (χ1) is 8.81. The van der Waals surface area contributed by atoms with E-state index in [2.05, 4.69) is 9.97 Å². The Labute approximate surface area is 104 Å². The largest absolute Gasteiger partial charge is 0.478 e. The van der Waals surface area contributed by atoms with Gasteiger partial charge in [-0.1, -0.05) is 30.3 Å². The van der Waals surface area contributed by atoms with Crippen LogP contribution in [-0.4, -0.2) is 21.5 Å². The van der Waals surface area contributed by atoms with Crippen molar-refractivity contribution in [1.82, 2.24) is 14.4 Å². The first-order valence-electron chi connectivity index (χ1n) is 5.53. The van der Waals surface area contributed by atoms with Crippen LogP contribution >= 0.6 is 0 Å². The number of fused-ring (bicyclic) bond motifs is 1. The lowest BCUT2D eigenvalue weighted by Crippen LogP contribution is -1.96. The highest BCUT2D eigenvalue weighted by atomic mass is 16.5. The zero-order chi connectivity index (χ0) is 12.5. The lowest BCUT2D eigenvalue weighted by Gasteiger charge is -2.00. The average Bonchev–Trinajstić information content (AvgIpc) is 2.77. The molecule has 0 saturated carbocycles. The number of hydrogen-bond donors (Lipinski definition) is 1. The number of aromatic nitrogens is 3. The highest BCUT2D eigenvalue weighted by Crippen LogP contribution is 2.28. The predicted octanol–water partition coefficient (Wildman–Crippen LogP) is 1.99. The van der Waals surface area contributed by atoms with Crippen LogP contribution in [0.1, 0.15) is 0 Å². The van der Waals surface area contributed by atoms with E-state index in [4.69, 9.17) is 10.5 Å². The summed E-state index contributed by atoms with van der Waals surface area (Å²) in [7, 11) is 1.56. The highest BCUT2D eigenvalue weighted by molar-refractivity contribution is 5.76. The third-order valence-electron chi connectivity index (χ3n) is 2.79. The van der Waals surface area contributed by atoms with E-state index < -0.39 is 0 Å². The number of rotatable bonds is 2. The number of hydrogen-bond acceptors (Lipinski definition) is 4. The summed E-state index contributed by atoms with van der Waals surface area (Å²) in [6, 6.07) is 9.80. The Kier molecular flexibility index (Phi) is 2.37. The van der Waals surface area contributed by atoms with E-state index in [9.17, 15) is 0 Å². The van der Waals surface area contributed by atoms with E-state index in [0.29, 0.717) is 17.3 Å². The molecule has 0 aliphatic heterocycles. The molecule has 0 radical (unpaired) electrons. The minimum atomic E-state index is 0.464. The number of benzene rings is 1. The molecule has 1 aromatic carbocycles. The Morgan fingerprint density at radius 2 is 2.00 bits per heavy atom. The van der Waals surface area contributed by atoms with E-state index in [1.165, 1.54) is 0 Å². The standard InChI is InChI=1S/C13H12N4O/c1-18-13-12-16-10(9-5-3-2-4-6-9)11(14)17(12)8-7-15-13/h2-8H,14H2,1H3. The molecule has 2 N–H and O–H groups in total. The van der Waals surface area contributed by atoms with Crippen LogP contribution < -0.4 is 10.5 Å². The average molecular weight is 240 g/mol. The molecule has 2 heterocycles. The third-order valence-corrected chi connectivity index (χ3v) is 2.79. The van der Waals surface area contributed by atoms with Crippen molar-refractivity contribution in [3.05, 3.63) is 42.7 Å². The fourth-order valence-electron chi connectivity index (χ4n) is 1.92. The van der Waals surface area contributed by atoms with Crippen molar-refractivity contribution < 1.29 is 4.74 Å². The monoisotopic (exact) mass is 240 g/mol. The van der Waals surface area contributed by atoms with Gasteiger partial charge in [-0.15, -0.1) is 0 Å². The van der Waals surface area contributed by atoms with Crippen LogP contribution in [0.25, 0.3) is 16.9 Å². The van der Waals surface area contributed by atoms with Gasteiger partial charge in [0.1, 0.15) is 11.5 Å². The Bertz CT molecular complexity index is 691. The van der Waals surface area contributed by atoms with Crippen LogP contribution in [0.5, 0.6) is 5.88 Å². The molecule has 0 bridgehead atoms. The number of anilines is 1. The molecular formula is C13H12N4O. The minimum absolute atomic E-state index is 0.464. The van der Waals surface area contributed by atoms with Gasteiger partial charge in [-0.05, 0) is 0 Å². The van der Waals surface area contributed by atoms with E-state index in [1.807, 2.05) is 30.3 Å². The van der Waals surface area contributed by atoms with Crippen molar-refractivity contribution in [3.8, 4) is 17.1 Å². The second kappa shape index (κ2) is 4.03. The van der Waals surface area contributed by atoms with Gasteiger partial charge >= 0.3 is 0 Å². The summed E-state index contributed by atoms with van der Waals surface area (Å²) < 4.78 is 6.95. The van der Waals surface area contributed by atoms with Gasteiger partial charge in [-0.2, -0.15) is 0 Å². The van der Waals surface area contributed by atoms with Crippen LogP contribution in [0, 0.1) is 0 Å². The molecule has 0 amide bonds. The Balaban J connectivity index is 2.29. The number of nitrogens with zero attached hydrogens (tertiary/aromatic N) is 3. The van der Waals surface area contributed by atoms with E-state index in [-0.39, 0.29) is 0 Å². The second-order valence-electron chi connectivity index (χ2n) is 3.84. The van der Waals surface area contributed by atoms with Gasteiger partial charge < -0.3 is 10.5 Å². The predicted molar refractivity (Wildman–Crippen MR) is 69.4 cm³/mol. The summed E-state index contributed by atoms with van der Waals surface area (Å²) in [5, 5.41) is 0. The van der Waals surface area contributed by atoms with Gasteiger partial charge in [-0.25, -0.2) is 9.97 Å². The fraction of sp³-hybridized carbons (Fsp3) is 0.0769. The minimum Gasteiger partial charge on any atom is -0.478 e. The third kappa shape index (κ3) is 1.48. The topological polar surface area (TPSA) is 65.4 Å². The van der Waals surface area contributed by atoms with Gasteiger partial charge in [0.25, 0.3) is 5.88 Å². The summed E-state index contributed by atoms with van der Waals surface area (Å²) >= 11 is 0. The second-order valence-corrected chi connectivity index (χ2v) is 3.84. The first kappa shape index (κ1) is 10.6. The molecule has 0 unspecified atom stereocenters. The van der Waals surface area contributed by atoms with Gasteiger partial charge in [0.2, 0.25) is 5.65 Å². The summed E-state index contributed by atoms with van der Waals surface area (Å²) in [5.41, 5.74) is 8.44. The van der Waals surface area contributed by atoms with E-state index in [0.717, 1.165) is 11.3 Å². The molecule has 0 aliphatic carbocycles. The Morgan fingerprint density at radius 1 is 1.22 bits per heavy atom. The summed E-state index contributed by atoms with van der Waals surface area (Å²) in [4.78, 5) is 8.62. The zero-order valence-corrected chi connectivity index (χ0v) is 9.87. The van der Waals surface area contributed by atoms with Crippen LogP contribution in [0.3, 0.4) is 0 Å². The summed E-state index contributed by atoms with van der Waals surface area (Å²) in [5.74, 6) is 1.04. The van der Waals surface area contributed by atoms with Crippen molar-refractivity contribution in [3.63, 3.8) is 0 Å². The summed E-state index contributed by atoms with van der Waals surface area (Å²) in [6.45, 7) is 0. The molecule has 0 atom stereocenters. The van der Waals surface area contributed by atoms with Crippen molar-refractivity contribution in [2.24, 2.45) is 0 Å². The van der Waals surface area contributed by atoms with Crippen molar-refractivity contribution in [1.29, 1.82) is 0 Å². The van der Waals surface area contributed by atoms with Crippen LogP contribution in [0.15, 0.2) is 42.7 Å². The normalized spacial score (nSPS) is 10.7. The molecule has 0 aliphatic rings. The summed E-state index contributed by atoms with van der Waals surface area (Å²) in [6.07, 6.45) is 3.41. The van der Waals surface area contributed by atoms with Gasteiger partial charge in [0.05, 0.1) is 7.11 Å². The molecule has 3 aromatic rings. The lowest BCUT2D eigenvalue weighted by molar-refractivity contribution is 0.400. The fourth-order valence-corrected chi connectivity index (χ4v) is 1.92. The van der Waals surface area contributed by atoms with E-state index >= 15 is 0 Å². The number of nitrogens with two attached hydrogens (primary N) is 1. The SMILES string of the molecule is COc1nccn2c(N)c(-c3ccccc3)nc12. The molecule has 0 saturated heterocycles. The van der Waals surface area contributed by atoms with E-state index in [1.54, 1.807) is 23.9 Å². The molecular weight excluding hydrogens is 228 g/mol. The number of nitrogen functional groups attached to an aromatic ring is 1. The number of methoxy groups -OCH3 is 1. The maximum absolute atomic E-state index is 6.11. The highest BCUT2D eigenvalue weighted by Gasteiger charge is 2.14. The molecule has 0 spiro atoms. The van der Waals surface area contributed by atoms with Crippen LogP contribution in [0.2, 0.25) is 0 Å². The Morgan fingerprint density at radius 3 is 2.72 bits per heavy atom. The molecule has 90 valence electrons. The Hall–Kier alpha value is -2.56. The molecule has 2 aromatic heterocycles. The molecule has 5 heteroatoms. The van der Waals surface area contributed by atoms with Gasteiger partial charge in [0.15, 0.2) is 0 Å². The lowest BCUT2D eigenvalue weighted by atomic mass is 10.1. The number of imidazole rings is 1. The first-order valence-corrected chi connectivity index (χ1v) is 5.53. The molecule has 18 heavy (non-hydrogen) atoms. The zero-order valence-electron chi connectivity index (χ0n) is 9.87. The quantitative estimate of drug-likeness (QED) is 0.744. The smallest absolute Gasteiger partial charge is 0.258 e. The molecule has 0 fully saturated rings.